The van der Waals surface area contributed by atoms with Crippen LogP contribution in [-0.2, 0) is 9.53 Å². The summed E-state index contributed by atoms with van der Waals surface area (Å²) < 4.78 is 5.32. The number of likely N-dealkylation sites (N-methyl/N-ethyl adjacent to an activating group) is 1. The Hall–Kier alpha value is -0.650. The van der Waals surface area contributed by atoms with Gasteiger partial charge in [-0.2, -0.15) is 0 Å². The Morgan fingerprint density at radius 2 is 2.06 bits per heavy atom. The summed E-state index contributed by atoms with van der Waals surface area (Å²) in [6.07, 6.45) is 1.91. The molecule has 1 amide bonds. The van der Waals surface area contributed by atoms with Gasteiger partial charge in [-0.15, -0.1) is 0 Å². The van der Waals surface area contributed by atoms with E-state index < -0.39 is 0 Å². The number of nitrogens with one attached hydrogen (secondary N) is 1. The first kappa shape index (κ1) is 15.3. The summed E-state index contributed by atoms with van der Waals surface area (Å²) in [6, 6.07) is 0. The number of amides is 1. The molecule has 0 spiro atoms. The normalized spacial score (nSPS) is 10.8. The second-order valence-corrected chi connectivity index (χ2v) is 3.95. The lowest BCUT2D eigenvalue weighted by Crippen LogP contribution is -2.28. The van der Waals surface area contributed by atoms with Crippen molar-refractivity contribution in [3.63, 3.8) is 0 Å². The first-order valence-corrected chi connectivity index (χ1v) is 5.77. The van der Waals surface area contributed by atoms with Gasteiger partial charge in [-0.3, -0.25) is 4.79 Å². The minimum atomic E-state index is 0.0321. The fraction of sp³-hybridized carbons (Fsp3) is 0.909. The van der Waals surface area contributed by atoms with Crippen LogP contribution in [0.3, 0.4) is 0 Å². The molecule has 0 aliphatic heterocycles. The molecule has 0 aromatic rings. The van der Waals surface area contributed by atoms with Gasteiger partial charge in [-0.05, 0) is 26.9 Å². The van der Waals surface area contributed by atoms with Crippen molar-refractivity contribution >= 4 is 5.91 Å². The molecule has 0 aromatic heterocycles. The molecule has 5 nitrogen and oxygen atoms in total. The van der Waals surface area contributed by atoms with Crippen molar-refractivity contribution in [1.82, 2.24) is 10.2 Å². The summed E-state index contributed by atoms with van der Waals surface area (Å²) in [5.41, 5.74) is 0. The Morgan fingerprint density at radius 3 is 2.69 bits per heavy atom. The number of unbranched alkanes of at least 4 members (excludes halogenated alkanes) is 1. The first-order valence-electron chi connectivity index (χ1n) is 5.77. The first-order chi connectivity index (χ1) is 7.66. The summed E-state index contributed by atoms with van der Waals surface area (Å²) in [7, 11) is 3.98. The lowest BCUT2D eigenvalue weighted by atomic mass is 10.2. The third-order valence-electron chi connectivity index (χ3n) is 2.06. The van der Waals surface area contributed by atoms with Gasteiger partial charge in [0.05, 0.1) is 13.2 Å². The molecule has 0 unspecified atom stereocenters. The third-order valence-corrected chi connectivity index (χ3v) is 2.06. The van der Waals surface area contributed by atoms with E-state index in [1.165, 1.54) is 0 Å². The minimum Gasteiger partial charge on any atom is -0.396 e. The topological polar surface area (TPSA) is 61.8 Å². The third kappa shape index (κ3) is 11.4. The summed E-state index contributed by atoms with van der Waals surface area (Å²) in [5.74, 6) is 0.0321. The summed E-state index contributed by atoms with van der Waals surface area (Å²) in [4.78, 5) is 13.3. The molecule has 0 aromatic carbocycles. The van der Waals surface area contributed by atoms with Crippen molar-refractivity contribution < 1.29 is 14.6 Å². The molecule has 0 saturated carbocycles. The van der Waals surface area contributed by atoms with Crippen LogP contribution in [0.4, 0.5) is 0 Å². The molecule has 5 heteroatoms. The Kier molecular flexibility index (Phi) is 10.4. The number of aliphatic hydroxyl groups excluding tert-OH is 1. The van der Waals surface area contributed by atoms with Gasteiger partial charge in [-0.25, -0.2) is 0 Å². The van der Waals surface area contributed by atoms with Crippen LogP contribution in [0.5, 0.6) is 0 Å². The van der Waals surface area contributed by atoms with E-state index in [2.05, 4.69) is 5.32 Å². The lowest BCUT2D eigenvalue weighted by molar-refractivity contribution is -0.121. The van der Waals surface area contributed by atoms with Crippen LogP contribution >= 0.6 is 0 Å². The second-order valence-electron chi connectivity index (χ2n) is 3.95. The average Bonchev–Trinajstić information content (AvgIpc) is 2.23. The van der Waals surface area contributed by atoms with Crippen LogP contribution in [0.2, 0.25) is 0 Å². The highest BCUT2D eigenvalue weighted by Gasteiger charge is 1.99. The molecule has 0 rings (SSSR count). The fourth-order valence-corrected chi connectivity index (χ4v) is 1.10. The van der Waals surface area contributed by atoms with Crippen molar-refractivity contribution in [1.29, 1.82) is 0 Å². The predicted octanol–water partition coefficient (Wildman–Crippen LogP) is -0.157. The number of carbonyl (C=O) groups excluding carboxylic acids is 1. The van der Waals surface area contributed by atoms with E-state index in [0.29, 0.717) is 32.6 Å². The number of hydrogen-bond donors (Lipinski definition) is 2. The molecule has 0 radical (unpaired) electrons. The SMILES string of the molecule is CN(C)CCOCCNC(=O)CCCCO. The van der Waals surface area contributed by atoms with E-state index in [9.17, 15) is 4.79 Å². The molecular formula is C11H24N2O3. The monoisotopic (exact) mass is 232 g/mol. The molecule has 0 fully saturated rings. The zero-order valence-corrected chi connectivity index (χ0v) is 10.4. The number of ether oxygens (including phenoxy) is 1. The lowest BCUT2D eigenvalue weighted by Gasteiger charge is -2.10. The van der Waals surface area contributed by atoms with Gasteiger partial charge in [-0.1, -0.05) is 0 Å². The van der Waals surface area contributed by atoms with Crippen LogP contribution in [0, 0.1) is 0 Å². The van der Waals surface area contributed by atoms with Gasteiger partial charge in [0.1, 0.15) is 0 Å². The summed E-state index contributed by atoms with van der Waals surface area (Å²) in [5, 5.41) is 11.3. The van der Waals surface area contributed by atoms with Crippen LogP contribution in [-0.4, -0.2) is 62.9 Å². The molecule has 96 valence electrons. The van der Waals surface area contributed by atoms with Gasteiger partial charge >= 0.3 is 0 Å². The number of nitrogens with zero attached hydrogens (tertiary/aromatic N) is 1. The Bertz CT molecular complexity index is 175. The molecule has 0 saturated heterocycles. The second kappa shape index (κ2) is 10.9. The molecule has 2 N–H and O–H groups in total. The van der Waals surface area contributed by atoms with Gasteiger partial charge in [0, 0.05) is 26.1 Å². The van der Waals surface area contributed by atoms with Gasteiger partial charge in [0.25, 0.3) is 0 Å². The number of aliphatic hydroxyl groups is 1. The van der Waals surface area contributed by atoms with Crippen molar-refractivity contribution in [2.24, 2.45) is 0 Å². The van der Waals surface area contributed by atoms with Crippen LogP contribution in [0.1, 0.15) is 19.3 Å². The van der Waals surface area contributed by atoms with Crippen LogP contribution in [0.25, 0.3) is 0 Å². The molecule has 0 atom stereocenters. The number of hydrogen-bond acceptors (Lipinski definition) is 4. The highest BCUT2D eigenvalue weighted by Crippen LogP contribution is 1.93. The highest BCUT2D eigenvalue weighted by atomic mass is 16.5. The quantitative estimate of drug-likeness (QED) is 0.514. The largest absolute Gasteiger partial charge is 0.396 e. The van der Waals surface area contributed by atoms with Gasteiger partial charge in [0.15, 0.2) is 0 Å². The smallest absolute Gasteiger partial charge is 0.220 e. The van der Waals surface area contributed by atoms with Crippen LogP contribution in [0.15, 0.2) is 0 Å². The summed E-state index contributed by atoms with van der Waals surface area (Å²) in [6.45, 7) is 2.85. The Labute approximate surface area is 97.8 Å². The fourth-order valence-electron chi connectivity index (χ4n) is 1.10. The van der Waals surface area contributed by atoms with Crippen molar-refractivity contribution in [3.8, 4) is 0 Å². The minimum absolute atomic E-state index is 0.0321. The van der Waals surface area contributed by atoms with Crippen molar-refractivity contribution in [2.75, 3.05) is 47.0 Å². The van der Waals surface area contributed by atoms with E-state index in [1.807, 2.05) is 19.0 Å². The van der Waals surface area contributed by atoms with E-state index in [4.69, 9.17) is 9.84 Å². The highest BCUT2D eigenvalue weighted by molar-refractivity contribution is 5.75. The molecule has 0 heterocycles. The van der Waals surface area contributed by atoms with E-state index >= 15 is 0 Å². The van der Waals surface area contributed by atoms with E-state index in [0.717, 1.165) is 13.0 Å². The maximum atomic E-state index is 11.2. The molecule has 16 heavy (non-hydrogen) atoms. The maximum Gasteiger partial charge on any atom is 0.220 e. The number of rotatable bonds is 10. The molecule has 0 bridgehead atoms. The van der Waals surface area contributed by atoms with E-state index in [1.54, 1.807) is 0 Å². The van der Waals surface area contributed by atoms with Crippen LogP contribution < -0.4 is 5.32 Å². The Morgan fingerprint density at radius 1 is 1.31 bits per heavy atom. The molecular weight excluding hydrogens is 208 g/mol. The van der Waals surface area contributed by atoms with Gasteiger partial charge < -0.3 is 20.1 Å². The zero-order valence-electron chi connectivity index (χ0n) is 10.4. The zero-order chi connectivity index (χ0) is 12.2. The molecule has 0 aliphatic carbocycles. The average molecular weight is 232 g/mol. The van der Waals surface area contributed by atoms with E-state index in [-0.39, 0.29) is 12.5 Å². The maximum absolute atomic E-state index is 11.2. The number of carbonyl (C=O) groups is 1. The molecule has 0 aliphatic rings. The standard InChI is InChI=1S/C11H24N2O3/c1-13(2)7-10-16-9-6-12-11(15)5-3-4-8-14/h14H,3-10H2,1-2H3,(H,12,15). The van der Waals surface area contributed by atoms with Crippen molar-refractivity contribution in [2.45, 2.75) is 19.3 Å². The predicted molar refractivity (Wildman–Crippen MR) is 63.3 cm³/mol. The summed E-state index contributed by atoms with van der Waals surface area (Å²) >= 11 is 0. The van der Waals surface area contributed by atoms with Crippen molar-refractivity contribution in [3.05, 3.63) is 0 Å². The van der Waals surface area contributed by atoms with Gasteiger partial charge in [0.2, 0.25) is 5.91 Å². The Balaban J connectivity index is 3.15.